The van der Waals surface area contributed by atoms with Gasteiger partial charge in [-0.25, -0.2) is 9.07 Å². The number of rotatable bonds is 2. The summed E-state index contributed by atoms with van der Waals surface area (Å²) in [7, 11) is 0. The van der Waals surface area contributed by atoms with Crippen LogP contribution in [-0.4, -0.2) is 14.8 Å². The van der Waals surface area contributed by atoms with Crippen LogP contribution in [0.2, 0.25) is 0 Å². The van der Waals surface area contributed by atoms with Gasteiger partial charge in [-0.15, -0.1) is 0 Å². The van der Waals surface area contributed by atoms with Gasteiger partial charge in [0.05, 0.1) is 29.5 Å². The van der Waals surface area contributed by atoms with Gasteiger partial charge in [0.25, 0.3) is 0 Å². The Morgan fingerprint density at radius 1 is 1.15 bits per heavy atom. The summed E-state index contributed by atoms with van der Waals surface area (Å²) in [4.78, 5) is 4.01. The maximum absolute atomic E-state index is 12.9. The van der Waals surface area contributed by atoms with Crippen molar-refractivity contribution in [1.29, 1.82) is 0 Å². The molecule has 3 rings (SSSR count). The molecule has 0 atom stereocenters. The number of benzene rings is 1. The van der Waals surface area contributed by atoms with Crippen LogP contribution in [0.25, 0.3) is 17.1 Å². The number of nitrogens with zero attached hydrogens (tertiary/aromatic N) is 3. The number of halogens is 1. The fourth-order valence-electron chi connectivity index (χ4n) is 2.05. The number of aryl methyl sites for hydroxylation is 1. The lowest BCUT2D eigenvalue weighted by Crippen LogP contribution is -1.97. The molecule has 0 unspecified atom stereocenters. The Kier molecular flexibility index (Phi) is 2.95. The van der Waals surface area contributed by atoms with E-state index in [2.05, 4.69) is 10.1 Å². The van der Waals surface area contributed by atoms with Crippen LogP contribution in [0.4, 0.5) is 10.1 Å². The number of pyridine rings is 1. The summed E-state index contributed by atoms with van der Waals surface area (Å²) in [5.41, 5.74) is 9.63. The number of hydrogen-bond donors (Lipinski definition) is 1. The van der Waals surface area contributed by atoms with Crippen LogP contribution in [0.5, 0.6) is 0 Å². The van der Waals surface area contributed by atoms with Crippen LogP contribution in [0, 0.1) is 12.7 Å². The van der Waals surface area contributed by atoms with E-state index in [1.807, 2.05) is 31.2 Å². The van der Waals surface area contributed by atoms with Gasteiger partial charge < -0.3 is 5.73 Å². The Bertz CT molecular complexity index is 747. The third-order valence-corrected chi connectivity index (χ3v) is 3.07. The van der Waals surface area contributed by atoms with Crippen LogP contribution < -0.4 is 5.73 Å². The maximum atomic E-state index is 12.9. The molecule has 4 nitrogen and oxygen atoms in total. The molecular formula is C15H13FN4. The van der Waals surface area contributed by atoms with E-state index in [1.54, 1.807) is 16.9 Å². The van der Waals surface area contributed by atoms with Crippen molar-refractivity contribution in [2.45, 2.75) is 6.92 Å². The van der Waals surface area contributed by atoms with Crippen LogP contribution in [0.3, 0.4) is 0 Å². The SMILES string of the molecule is Cc1ccccc1-n1cc(N)c(-c2ccc(F)cn2)n1. The zero-order chi connectivity index (χ0) is 14.1. The summed E-state index contributed by atoms with van der Waals surface area (Å²) in [6.45, 7) is 2.00. The smallest absolute Gasteiger partial charge is 0.141 e. The van der Waals surface area contributed by atoms with E-state index in [1.165, 1.54) is 6.07 Å². The van der Waals surface area contributed by atoms with Gasteiger partial charge in [-0.3, -0.25) is 4.98 Å². The molecule has 2 N–H and O–H groups in total. The molecule has 5 heteroatoms. The van der Waals surface area contributed by atoms with Crippen LogP contribution in [-0.2, 0) is 0 Å². The lowest BCUT2D eigenvalue weighted by Gasteiger charge is -2.04. The standard InChI is InChI=1S/C15H13FN4/c1-10-4-2-3-5-14(10)20-9-12(17)15(19-20)13-7-6-11(16)8-18-13/h2-9H,17H2,1H3. The molecular weight excluding hydrogens is 255 g/mol. The van der Waals surface area contributed by atoms with E-state index >= 15 is 0 Å². The molecule has 0 saturated heterocycles. The number of aromatic nitrogens is 3. The lowest BCUT2D eigenvalue weighted by atomic mass is 10.2. The minimum atomic E-state index is -0.384. The van der Waals surface area contributed by atoms with Crippen molar-refractivity contribution in [1.82, 2.24) is 14.8 Å². The number of para-hydroxylation sites is 1. The van der Waals surface area contributed by atoms with Crippen molar-refractivity contribution >= 4 is 5.69 Å². The van der Waals surface area contributed by atoms with E-state index in [-0.39, 0.29) is 5.82 Å². The Hall–Kier alpha value is -2.69. The molecule has 0 bridgehead atoms. The zero-order valence-corrected chi connectivity index (χ0v) is 10.9. The summed E-state index contributed by atoms with van der Waals surface area (Å²) in [5.74, 6) is -0.384. The van der Waals surface area contributed by atoms with Crippen molar-refractivity contribution in [2.24, 2.45) is 0 Å². The van der Waals surface area contributed by atoms with Crippen LogP contribution >= 0.6 is 0 Å². The van der Waals surface area contributed by atoms with E-state index in [4.69, 9.17) is 5.73 Å². The van der Waals surface area contributed by atoms with Gasteiger partial charge in [-0.2, -0.15) is 5.10 Å². The maximum Gasteiger partial charge on any atom is 0.141 e. The van der Waals surface area contributed by atoms with E-state index < -0.39 is 0 Å². The second-order valence-electron chi connectivity index (χ2n) is 4.53. The number of hydrogen-bond acceptors (Lipinski definition) is 3. The normalized spacial score (nSPS) is 10.7. The minimum Gasteiger partial charge on any atom is -0.396 e. The molecule has 0 spiro atoms. The highest BCUT2D eigenvalue weighted by molar-refractivity contribution is 5.69. The highest BCUT2D eigenvalue weighted by Crippen LogP contribution is 2.24. The molecule has 2 heterocycles. The van der Waals surface area contributed by atoms with Crippen molar-refractivity contribution in [3.8, 4) is 17.1 Å². The number of nitrogen functional groups attached to an aromatic ring is 1. The molecule has 2 aromatic heterocycles. The van der Waals surface area contributed by atoms with Crippen LogP contribution in [0.1, 0.15) is 5.56 Å². The monoisotopic (exact) mass is 268 g/mol. The molecule has 0 radical (unpaired) electrons. The summed E-state index contributed by atoms with van der Waals surface area (Å²) < 4.78 is 14.6. The Morgan fingerprint density at radius 3 is 2.65 bits per heavy atom. The van der Waals surface area contributed by atoms with Gasteiger partial charge in [0.1, 0.15) is 11.5 Å². The topological polar surface area (TPSA) is 56.7 Å². The largest absolute Gasteiger partial charge is 0.396 e. The average Bonchev–Trinajstić information content (AvgIpc) is 2.82. The fourth-order valence-corrected chi connectivity index (χ4v) is 2.05. The first-order valence-electron chi connectivity index (χ1n) is 6.18. The minimum absolute atomic E-state index is 0.384. The van der Waals surface area contributed by atoms with Gasteiger partial charge in [0, 0.05) is 0 Å². The third-order valence-electron chi connectivity index (χ3n) is 3.07. The summed E-state index contributed by atoms with van der Waals surface area (Å²) >= 11 is 0. The summed E-state index contributed by atoms with van der Waals surface area (Å²) in [6.07, 6.45) is 2.89. The fraction of sp³-hybridized carbons (Fsp3) is 0.0667. The Balaban J connectivity index is 2.08. The Labute approximate surface area is 115 Å². The summed E-state index contributed by atoms with van der Waals surface area (Å²) in [5, 5.41) is 4.45. The van der Waals surface area contributed by atoms with Crippen molar-refractivity contribution in [2.75, 3.05) is 5.73 Å². The molecule has 0 fully saturated rings. The first-order valence-corrected chi connectivity index (χ1v) is 6.18. The highest BCUT2D eigenvalue weighted by atomic mass is 19.1. The van der Waals surface area contributed by atoms with Crippen LogP contribution in [0.15, 0.2) is 48.8 Å². The van der Waals surface area contributed by atoms with Gasteiger partial charge in [0.15, 0.2) is 0 Å². The molecule has 0 saturated carbocycles. The number of nitrogens with two attached hydrogens (primary N) is 1. The highest BCUT2D eigenvalue weighted by Gasteiger charge is 2.11. The van der Waals surface area contributed by atoms with Crippen molar-refractivity contribution in [3.05, 3.63) is 60.2 Å². The van der Waals surface area contributed by atoms with E-state index in [0.717, 1.165) is 17.4 Å². The molecule has 3 aromatic rings. The molecule has 0 aliphatic heterocycles. The molecule has 0 amide bonds. The molecule has 0 aliphatic rings. The summed E-state index contributed by atoms with van der Waals surface area (Å²) in [6, 6.07) is 10.8. The predicted octanol–water partition coefficient (Wildman–Crippen LogP) is 2.96. The van der Waals surface area contributed by atoms with E-state index in [9.17, 15) is 4.39 Å². The third kappa shape index (κ3) is 2.14. The Morgan fingerprint density at radius 2 is 1.95 bits per heavy atom. The molecule has 0 aliphatic carbocycles. The van der Waals surface area contributed by atoms with Gasteiger partial charge >= 0.3 is 0 Å². The van der Waals surface area contributed by atoms with Crippen molar-refractivity contribution in [3.63, 3.8) is 0 Å². The molecule has 100 valence electrons. The first-order chi connectivity index (χ1) is 9.65. The predicted molar refractivity (Wildman–Crippen MR) is 75.9 cm³/mol. The quantitative estimate of drug-likeness (QED) is 0.777. The second-order valence-corrected chi connectivity index (χ2v) is 4.53. The first kappa shape index (κ1) is 12.3. The molecule has 20 heavy (non-hydrogen) atoms. The van der Waals surface area contributed by atoms with Crippen molar-refractivity contribution < 1.29 is 4.39 Å². The van der Waals surface area contributed by atoms with Gasteiger partial charge in [0.2, 0.25) is 0 Å². The number of anilines is 1. The lowest BCUT2D eigenvalue weighted by molar-refractivity contribution is 0.621. The second kappa shape index (κ2) is 4.77. The molecule has 1 aromatic carbocycles. The van der Waals surface area contributed by atoms with Gasteiger partial charge in [-0.1, -0.05) is 18.2 Å². The zero-order valence-electron chi connectivity index (χ0n) is 10.9. The van der Waals surface area contributed by atoms with Gasteiger partial charge in [-0.05, 0) is 30.7 Å². The van der Waals surface area contributed by atoms with E-state index in [0.29, 0.717) is 17.1 Å². The average molecular weight is 268 g/mol.